The van der Waals surface area contributed by atoms with Crippen molar-refractivity contribution in [1.82, 2.24) is 4.83 Å². The number of hydrogen-bond acceptors (Lipinski definition) is 4. The topological polar surface area (TPSA) is 67.8 Å². The maximum absolute atomic E-state index is 12.4. The molecule has 0 aromatic heterocycles. The molecule has 5 nitrogen and oxygen atoms in total. The van der Waals surface area contributed by atoms with Gasteiger partial charge in [0.05, 0.1) is 17.2 Å². The smallest absolute Gasteiger partial charge is 0.276 e. The normalized spacial score (nSPS) is 15.8. The number of sulfonamides is 1. The van der Waals surface area contributed by atoms with Gasteiger partial charge in [0.25, 0.3) is 10.0 Å². The lowest BCUT2D eigenvalue weighted by Gasteiger charge is -2.17. The number of aryl methyl sites for hydroxylation is 1. The zero-order chi connectivity index (χ0) is 17.0. The van der Waals surface area contributed by atoms with Gasteiger partial charge in [0.15, 0.2) is 0 Å². The van der Waals surface area contributed by atoms with Gasteiger partial charge in [-0.3, -0.25) is 0 Å². The van der Waals surface area contributed by atoms with Crippen molar-refractivity contribution < 1.29 is 13.2 Å². The number of nitrogens with one attached hydrogen (secondary N) is 1. The van der Waals surface area contributed by atoms with Crippen LogP contribution < -0.4 is 9.57 Å². The molecule has 3 rings (SSSR count). The summed E-state index contributed by atoms with van der Waals surface area (Å²) in [5, 5.41) is 4.18. The summed E-state index contributed by atoms with van der Waals surface area (Å²) in [5.41, 5.74) is 3.02. The lowest BCUT2D eigenvalue weighted by molar-refractivity contribution is 0.340. The lowest BCUT2D eigenvalue weighted by Crippen LogP contribution is -2.22. The van der Waals surface area contributed by atoms with E-state index in [-0.39, 0.29) is 4.90 Å². The number of benzene rings is 2. The summed E-state index contributed by atoms with van der Waals surface area (Å²) in [4.78, 5) is 2.52. The van der Waals surface area contributed by atoms with Crippen LogP contribution in [0.3, 0.4) is 0 Å². The summed E-state index contributed by atoms with van der Waals surface area (Å²) >= 11 is 0. The highest BCUT2D eigenvalue weighted by Crippen LogP contribution is 2.21. The summed E-state index contributed by atoms with van der Waals surface area (Å²) in [6.07, 6.45) is 2.74. The molecule has 0 bridgehead atoms. The molecular weight excluding hydrogens is 324 g/mol. The van der Waals surface area contributed by atoms with Crippen LogP contribution in [-0.2, 0) is 16.4 Å². The number of hydrazone groups is 1. The number of rotatable bonds is 5. The van der Waals surface area contributed by atoms with Crippen molar-refractivity contribution in [2.75, 3.05) is 6.61 Å². The van der Waals surface area contributed by atoms with Crippen molar-refractivity contribution in [2.45, 2.75) is 31.1 Å². The van der Waals surface area contributed by atoms with Gasteiger partial charge in [-0.05, 0) is 56.0 Å². The molecule has 2 aromatic rings. The molecule has 6 heteroatoms. The average molecular weight is 344 g/mol. The average Bonchev–Trinajstić information content (AvgIpc) is 2.61. The fourth-order valence-electron chi connectivity index (χ4n) is 2.77. The molecule has 2 aromatic carbocycles. The minimum absolute atomic E-state index is 0.166. The Morgan fingerprint density at radius 3 is 2.58 bits per heavy atom. The number of nitrogens with zero attached hydrogens (tertiary/aromatic N) is 1. The molecule has 0 aliphatic heterocycles. The third kappa shape index (κ3) is 3.59. The zero-order valence-corrected chi connectivity index (χ0v) is 14.3. The number of ether oxygens (including phenoxy) is 1. The maximum atomic E-state index is 12.4. The molecule has 0 radical (unpaired) electrons. The van der Waals surface area contributed by atoms with E-state index in [0.717, 1.165) is 30.5 Å². The Balaban J connectivity index is 1.80. The predicted molar refractivity (Wildman–Crippen MR) is 93.8 cm³/mol. The van der Waals surface area contributed by atoms with Crippen molar-refractivity contribution in [1.29, 1.82) is 0 Å². The first-order valence-electron chi connectivity index (χ1n) is 7.99. The van der Waals surface area contributed by atoms with Crippen molar-refractivity contribution in [3.05, 3.63) is 59.7 Å². The first kappa shape index (κ1) is 16.5. The molecule has 24 heavy (non-hydrogen) atoms. The summed E-state index contributed by atoms with van der Waals surface area (Å²) in [6, 6.07) is 14.3. The second-order valence-corrected chi connectivity index (χ2v) is 7.23. The molecule has 1 aliphatic carbocycles. The van der Waals surface area contributed by atoms with Crippen LogP contribution in [0.2, 0.25) is 0 Å². The zero-order valence-electron chi connectivity index (χ0n) is 13.5. The molecule has 0 amide bonds. The van der Waals surface area contributed by atoms with Crippen LogP contribution in [0.5, 0.6) is 5.75 Å². The van der Waals surface area contributed by atoms with Gasteiger partial charge in [-0.2, -0.15) is 18.4 Å². The molecule has 0 saturated carbocycles. The van der Waals surface area contributed by atoms with Gasteiger partial charge >= 0.3 is 0 Å². The molecule has 0 unspecified atom stereocenters. The van der Waals surface area contributed by atoms with Gasteiger partial charge in [-0.25, -0.2) is 0 Å². The van der Waals surface area contributed by atoms with Crippen molar-refractivity contribution in [3.8, 4) is 5.75 Å². The van der Waals surface area contributed by atoms with Crippen molar-refractivity contribution in [2.24, 2.45) is 5.10 Å². The van der Waals surface area contributed by atoms with E-state index in [1.807, 2.05) is 25.1 Å². The maximum Gasteiger partial charge on any atom is 0.276 e. The third-order valence-corrected chi connectivity index (χ3v) is 5.16. The third-order valence-electron chi connectivity index (χ3n) is 3.93. The standard InChI is InChI=1S/C18H20N2O3S/c1-2-23-15-10-12-16(13-11-15)24(21,22)20-19-18-9-5-7-14-6-3-4-8-17(14)18/h3-4,6,8,10-13,20H,2,5,7,9H2,1H3/b19-18-. The quantitative estimate of drug-likeness (QED) is 0.848. The predicted octanol–water partition coefficient (Wildman–Crippen LogP) is 3.10. The minimum atomic E-state index is -3.69. The molecule has 0 atom stereocenters. The van der Waals surface area contributed by atoms with Crippen LogP contribution in [0.15, 0.2) is 58.5 Å². The fraction of sp³-hybridized carbons (Fsp3) is 0.278. The van der Waals surface area contributed by atoms with Crippen LogP contribution in [0.4, 0.5) is 0 Å². The van der Waals surface area contributed by atoms with E-state index < -0.39 is 10.0 Å². The Kier molecular flexibility index (Phi) is 4.85. The summed E-state index contributed by atoms with van der Waals surface area (Å²) < 4.78 is 30.1. The van der Waals surface area contributed by atoms with Crippen LogP contribution in [0.25, 0.3) is 0 Å². The first-order valence-corrected chi connectivity index (χ1v) is 9.48. The van der Waals surface area contributed by atoms with E-state index in [1.165, 1.54) is 17.7 Å². The Labute approximate surface area is 142 Å². The van der Waals surface area contributed by atoms with Crippen molar-refractivity contribution in [3.63, 3.8) is 0 Å². The van der Waals surface area contributed by atoms with Crippen LogP contribution in [0, 0.1) is 0 Å². The summed E-state index contributed by atoms with van der Waals surface area (Å²) in [7, 11) is -3.69. The summed E-state index contributed by atoms with van der Waals surface area (Å²) in [6.45, 7) is 2.42. The van der Waals surface area contributed by atoms with Crippen LogP contribution in [-0.4, -0.2) is 20.7 Å². The molecule has 0 spiro atoms. The fourth-order valence-corrected chi connectivity index (χ4v) is 3.60. The Hall–Kier alpha value is -2.34. The minimum Gasteiger partial charge on any atom is -0.494 e. The van der Waals surface area contributed by atoms with Gasteiger partial charge in [-0.1, -0.05) is 24.3 Å². The largest absolute Gasteiger partial charge is 0.494 e. The SMILES string of the molecule is CCOc1ccc(S(=O)(=O)N/N=C2/CCCc3ccccc32)cc1. The molecular formula is C18H20N2O3S. The van der Waals surface area contributed by atoms with Gasteiger partial charge in [0.1, 0.15) is 5.75 Å². The molecule has 0 heterocycles. The Bertz CT molecular complexity index is 843. The van der Waals surface area contributed by atoms with E-state index in [9.17, 15) is 8.42 Å². The summed E-state index contributed by atoms with van der Waals surface area (Å²) in [5.74, 6) is 0.643. The Morgan fingerprint density at radius 2 is 1.83 bits per heavy atom. The number of fused-ring (bicyclic) bond motifs is 1. The molecule has 0 saturated heterocycles. The van der Waals surface area contributed by atoms with E-state index in [0.29, 0.717) is 12.4 Å². The Morgan fingerprint density at radius 1 is 1.08 bits per heavy atom. The second-order valence-electron chi connectivity index (χ2n) is 5.57. The van der Waals surface area contributed by atoms with Gasteiger partial charge in [-0.15, -0.1) is 0 Å². The lowest BCUT2D eigenvalue weighted by atomic mass is 9.90. The van der Waals surface area contributed by atoms with E-state index in [1.54, 1.807) is 12.1 Å². The first-order chi connectivity index (χ1) is 11.6. The highest BCUT2D eigenvalue weighted by molar-refractivity contribution is 7.89. The molecule has 1 N–H and O–H groups in total. The highest BCUT2D eigenvalue weighted by atomic mass is 32.2. The monoisotopic (exact) mass is 344 g/mol. The second kappa shape index (κ2) is 7.05. The molecule has 126 valence electrons. The van der Waals surface area contributed by atoms with E-state index >= 15 is 0 Å². The van der Waals surface area contributed by atoms with Gasteiger partial charge in [0, 0.05) is 5.56 Å². The van der Waals surface area contributed by atoms with Gasteiger partial charge in [0.2, 0.25) is 0 Å². The van der Waals surface area contributed by atoms with Crippen LogP contribution >= 0.6 is 0 Å². The van der Waals surface area contributed by atoms with E-state index in [4.69, 9.17) is 4.74 Å². The number of hydrogen-bond donors (Lipinski definition) is 1. The van der Waals surface area contributed by atoms with Gasteiger partial charge < -0.3 is 4.74 Å². The van der Waals surface area contributed by atoms with Crippen molar-refractivity contribution >= 4 is 15.7 Å². The highest BCUT2D eigenvalue weighted by Gasteiger charge is 2.17. The molecule has 0 fully saturated rings. The molecule has 1 aliphatic rings. The van der Waals surface area contributed by atoms with Crippen LogP contribution in [0.1, 0.15) is 30.9 Å². The van der Waals surface area contributed by atoms with E-state index in [2.05, 4.69) is 16.0 Å².